The summed E-state index contributed by atoms with van der Waals surface area (Å²) in [5.41, 5.74) is 0.802. The van der Waals surface area contributed by atoms with E-state index in [1.165, 1.54) is 18.4 Å². The molecule has 0 aliphatic heterocycles. The number of carbonyl (C=O) groups is 1. The molecule has 1 atom stereocenters. The Morgan fingerprint density at radius 1 is 1.50 bits per heavy atom. The predicted molar refractivity (Wildman–Crippen MR) is 79.3 cm³/mol. The van der Waals surface area contributed by atoms with E-state index in [1.807, 2.05) is 6.92 Å². The lowest BCUT2D eigenvalue weighted by atomic mass is 10.1. The maximum absolute atomic E-state index is 11.9. The third-order valence-corrected chi connectivity index (χ3v) is 3.32. The van der Waals surface area contributed by atoms with Gasteiger partial charge in [-0.2, -0.15) is 0 Å². The smallest absolute Gasteiger partial charge is 0.269 e. The summed E-state index contributed by atoms with van der Waals surface area (Å²) in [4.78, 5) is 24.1. The van der Waals surface area contributed by atoms with Crippen molar-refractivity contribution in [3.05, 3.63) is 52.3 Å². The lowest BCUT2D eigenvalue weighted by molar-refractivity contribution is -0.384. The summed E-state index contributed by atoms with van der Waals surface area (Å²) in [6, 6.07) is 7.77. The Kier molecular flexibility index (Phi) is 4.84. The van der Waals surface area contributed by atoms with Crippen molar-refractivity contribution in [2.45, 2.75) is 13.0 Å². The summed E-state index contributed by atoms with van der Waals surface area (Å²) in [7, 11) is 1.77. The second-order valence-corrected chi connectivity index (χ2v) is 4.88. The molecule has 1 heterocycles. The number of aromatic nitrogens is 1. The van der Waals surface area contributed by atoms with E-state index < -0.39 is 4.92 Å². The molecule has 1 aromatic carbocycles. The van der Waals surface area contributed by atoms with Crippen LogP contribution >= 0.6 is 0 Å². The highest BCUT2D eigenvalue weighted by molar-refractivity contribution is 5.91. The monoisotopic (exact) mass is 304 g/mol. The third kappa shape index (κ3) is 3.89. The molecule has 0 saturated carbocycles. The molecule has 8 heteroatoms. The third-order valence-electron chi connectivity index (χ3n) is 3.32. The Hall–Kier alpha value is -2.74. The molecule has 0 spiro atoms. The van der Waals surface area contributed by atoms with Crippen molar-refractivity contribution in [3.63, 3.8) is 0 Å². The fourth-order valence-corrected chi connectivity index (χ4v) is 1.98. The summed E-state index contributed by atoms with van der Waals surface area (Å²) in [5.74, 6) is 0.107. The van der Waals surface area contributed by atoms with Gasteiger partial charge in [0.1, 0.15) is 6.26 Å². The summed E-state index contributed by atoms with van der Waals surface area (Å²) in [5, 5.41) is 17.0. The van der Waals surface area contributed by atoms with Crippen molar-refractivity contribution in [1.29, 1.82) is 0 Å². The lowest BCUT2D eigenvalue weighted by Crippen LogP contribution is -2.32. The van der Waals surface area contributed by atoms with Crippen molar-refractivity contribution >= 4 is 17.4 Å². The number of likely N-dealkylation sites (N-methyl/N-ethyl adjacent to an activating group) is 1. The van der Waals surface area contributed by atoms with Crippen LogP contribution in [-0.2, 0) is 4.79 Å². The van der Waals surface area contributed by atoms with Crippen LogP contribution in [0.15, 0.2) is 41.1 Å². The highest BCUT2D eigenvalue weighted by atomic mass is 16.6. The molecule has 1 amide bonds. The molecule has 0 unspecified atom stereocenters. The summed E-state index contributed by atoms with van der Waals surface area (Å²) < 4.78 is 4.63. The quantitative estimate of drug-likeness (QED) is 0.648. The first-order valence-electron chi connectivity index (χ1n) is 6.62. The number of rotatable bonds is 6. The van der Waals surface area contributed by atoms with Crippen LogP contribution in [0.5, 0.6) is 0 Å². The summed E-state index contributed by atoms with van der Waals surface area (Å²) in [6.07, 6.45) is 1.37. The molecule has 22 heavy (non-hydrogen) atoms. The van der Waals surface area contributed by atoms with Crippen molar-refractivity contribution in [2.75, 3.05) is 18.9 Å². The van der Waals surface area contributed by atoms with Gasteiger partial charge in [0, 0.05) is 24.2 Å². The normalized spacial score (nSPS) is 12.1. The van der Waals surface area contributed by atoms with Gasteiger partial charge in [0.25, 0.3) is 5.69 Å². The van der Waals surface area contributed by atoms with Gasteiger partial charge in [0.15, 0.2) is 5.82 Å². The maximum atomic E-state index is 11.9. The van der Waals surface area contributed by atoms with Gasteiger partial charge in [0.2, 0.25) is 5.91 Å². The minimum atomic E-state index is -0.437. The van der Waals surface area contributed by atoms with Gasteiger partial charge in [-0.15, -0.1) is 0 Å². The average molecular weight is 304 g/mol. The number of anilines is 1. The number of nitrogens with zero attached hydrogens (tertiary/aromatic N) is 3. The van der Waals surface area contributed by atoms with E-state index in [-0.39, 0.29) is 24.2 Å². The molecule has 2 aromatic rings. The van der Waals surface area contributed by atoms with E-state index in [0.29, 0.717) is 5.82 Å². The molecule has 1 N–H and O–H groups in total. The highest BCUT2D eigenvalue weighted by Gasteiger charge is 2.17. The van der Waals surface area contributed by atoms with Crippen molar-refractivity contribution in [3.8, 4) is 0 Å². The molecule has 0 aliphatic carbocycles. The molecule has 1 aromatic heterocycles. The maximum Gasteiger partial charge on any atom is 0.269 e. The largest absolute Gasteiger partial charge is 0.363 e. The zero-order chi connectivity index (χ0) is 16.1. The van der Waals surface area contributed by atoms with Gasteiger partial charge in [-0.05, 0) is 19.5 Å². The molecule has 0 bridgehead atoms. The number of amides is 1. The summed E-state index contributed by atoms with van der Waals surface area (Å²) >= 11 is 0. The van der Waals surface area contributed by atoms with Crippen molar-refractivity contribution in [1.82, 2.24) is 10.1 Å². The van der Waals surface area contributed by atoms with Gasteiger partial charge >= 0.3 is 0 Å². The SMILES string of the molecule is C[C@H](c1cccc([N+](=O)[O-])c1)N(C)CC(=O)Nc1ccon1. The van der Waals surface area contributed by atoms with E-state index in [1.54, 1.807) is 30.1 Å². The fourth-order valence-electron chi connectivity index (χ4n) is 1.98. The number of non-ortho nitro benzene ring substituents is 1. The Morgan fingerprint density at radius 2 is 2.27 bits per heavy atom. The van der Waals surface area contributed by atoms with Crippen LogP contribution in [0, 0.1) is 10.1 Å². The van der Waals surface area contributed by atoms with Crippen LogP contribution in [-0.4, -0.2) is 34.5 Å². The number of carbonyl (C=O) groups excluding carboxylic acids is 1. The molecule has 0 aliphatic rings. The van der Waals surface area contributed by atoms with E-state index in [0.717, 1.165) is 5.56 Å². The van der Waals surface area contributed by atoms with Gasteiger partial charge in [-0.1, -0.05) is 17.3 Å². The van der Waals surface area contributed by atoms with Crippen LogP contribution in [0.2, 0.25) is 0 Å². The molecule has 0 saturated heterocycles. The second kappa shape index (κ2) is 6.81. The molecular weight excluding hydrogens is 288 g/mol. The van der Waals surface area contributed by atoms with E-state index in [2.05, 4.69) is 15.0 Å². The van der Waals surface area contributed by atoms with E-state index in [9.17, 15) is 14.9 Å². The predicted octanol–water partition coefficient (Wildman–Crippen LogP) is 2.21. The minimum Gasteiger partial charge on any atom is -0.363 e. The lowest BCUT2D eigenvalue weighted by Gasteiger charge is -2.24. The average Bonchev–Trinajstić information content (AvgIpc) is 2.99. The number of benzene rings is 1. The topological polar surface area (TPSA) is 102 Å². The number of nitro benzene ring substituents is 1. The molecule has 2 rings (SSSR count). The Bertz CT molecular complexity index is 657. The molecule has 0 radical (unpaired) electrons. The zero-order valence-electron chi connectivity index (χ0n) is 12.2. The van der Waals surface area contributed by atoms with Crippen molar-refractivity contribution < 1.29 is 14.2 Å². The van der Waals surface area contributed by atoms with Crippen LogP contribution < -0.4 is 5.32 Å². The summed E-state index contributed by atoms with van der Waals surface area (Å²) in [6.45, 7) is 2.00. The van der Waals surface area contributed by atoms with Crippen LogP contribution in [0.25, 0.3) is 0 Å². The number of hydrogen-bond acceptors (Lipinski definition) is 6. The first kappa shape index (κ1) is 15.6. The van der Waals surface area contributed by atoms with E-state index in [4.69, 9.17) is 0 Å². The van der Waals surface area contributed by atoms with Crippen LogP contribution in [0.3, 0.4) is 0 Å². The fraction of sp³-hybridized carbons (Fsp3) is 0.286. The number of nitro groups is 1. The highest BCUT2D eigenvalue weighted by Crippen LogP contribution is 2.22. The second-order valence-electron chi connectivity index (χ2n) is 4.88. The van der Waals surface area contributed by atoms with Gasteiger partial charge in [-0.3, -0.25) is 19.8 Å². The standard InChI is InChI=1S/C14H16N4O4/c1-10(11-4-3-5-12(8-11)18(20)21)17(2)9-14(19)15-13-6-7-22-16-13/h3-8,10H,9H2,1-2H3,(H,15,16,19)/t10-/m1/s1. The van der Waals surface area contributed by atoms with Crippen LogP contribution in [0.1, 0.15) is 18.5 Å². The minimum absolute atomic E-state index is 0.0322. The molecule has 0 fully saturated rings. The molecule has 8 nitrogen and oxygen atoms in total. The van der Waals surface area contributed by atoms with Gasteiger partial charge in [-0.25, -0.2) is 0 Å². The zero-order valence-corrected chi connectivity index (χ0v) is 12.2. The Balaban J connectivity index is 1.99. The first-order chi connectivity index (χ1) is 10.5. The Labute approximate surface area is 126 Å². The molecule has 116 valence electrons. The number of hydrogen-bond donors (Lipinski definition) is 1. The van der Waals surface area contributed by atoms with Crippen LogP contribution in [0.4, 0.5) is 11.5 Å². The molecular formula is C14H16N4O4. The van der Waals surface area contributed by atoms with E-state index >= 15 is 0 Å². The Morgan fingerprint density at radius 3 is 2.91 bits per heavy atom. The van der Waals surface area contributed by atoms with Crippen molar-refractivity contribution in [2.24, 2.45) is 0 Å². The van der Waals surface area contributed by atoms with Gasteiger partial charge < -0.3 is 9.84 Å². The van der Waals surface area contributed by atoms with Gasteiger partial charge in [0.05, 0.1) is 11.5 Å². The number of nitrogens with one attached hydrogen (secondary N) is 1. The first-order valence-corrected chi connectivity index (χ1v) is 6.62.